The van der Waals surface area contributed by atoms with Gasteiger partial charge in [0, 0.05) is 92.3 Å². The molecule has 1 amide bonds. The van der Waals surface area contributed by atoms with E-state index in [9.17, 15) is 26.1 Å². The molecule has 3 aliphatic rings. The number of benzene rings is 3. The number of nitro groups is 1. The summed E-state index contributed by atoms with van der Waals surface area (Å²) in [5.74, 6) is -1.59. The van der Waals surface area contributed by atoms with Gasteiger partial charge in [-0.2, -0.15) is 0 Å². The average Bonchev–Trinajstić information content (AvgIpc) is 3.75. The lowest BCUT2D eigenvalue weighted by Gasteiger charge is -2.39. The van der Waals surface area contributed by atoms with Gasteiger partial charge < -0.3 is 24.7 Å². The lowest BCUT2D eigenvalue weighted by molar-refractivity contribution is -0.384. The number of H-pyrrole nitrogens is 1. The van der Waals surface area contributed by atoms with Gasteiger partial charge in [0.25, 0.3) is 21.6 Å². The predicted octanol–water partition coefficient (Wildman–Crippen LogP) is 8.66. The van der Waals surface area contributed by atoms with Gasteiger partial charge in [-0.3, -0.25) is 19.8 Å². The molecule has 2 aliphatic heterocycles. The number of ether oxygens (including phenoxy) is 2. The van der Waals surface area contributed by atoms with E-state index < -0.39 is 50.3 Å². The highest BCUT2D eigenvalue weighted by Crippen LogP contribution is 2.43. The molecular weight excluding hydrogens is 818 g/mol. The highest BCUT2D eigenvalue weighted by Gasteiger charge is 2.31. The first kappa shape index (κ1) is 36.2. The molecule has 0 spiro atoms. The van der Waals surface area contributed by atoms with Crippen molar-refractivity contribution in [2.75, 3.05) is 62.6 Å². The van der Waals surface area contributed by atoms with Gasteiger partial charge in [-0.1, -0.05) is 43.2 Å². The summed E-state index contributed by atoms with van der Waals surface area (Å²) in [6.07, 6.45) is 6.02. The predicted molar refractivity (Wildman–Crippen MR) is 237 cm³/mol. The van der Waals surface area contributed by atoms with Crippen molar-refractivity contribution < 1.29 is 34.5 Å². The minimum absolute atomic E-state index is 0.0109. The summed E-state index contributed by atoms with van der Waals surface area (Å²) in [6.45, 7) is 2.45. The lowest BCUT2D eigenvalue weighted by Crippen LogP contribution is -2.47. The molecular formula is C45H50ClN7O7S. The Morgan fingerprint density at radius 1 is 1.10 bits per heavy atom. The van der Waals surface area contributed by atoms with E-state index in [1.807, 2.05) is 38.8 Å². The van der Waals surface area contributed by atoms with E-state index in [4.69, 9.17) is 25.2 Å². The van der Waals surface area contributed by atoms with E-state index in [0.717, 1.165) is 41.3 Å². The molecule has 0 unspecified atom stereocenters. The molecule has 0 saturated carbocycles. The number of halogens is 1. The van der Waals surface area contributed by atoms with Gasteiger partial charge >= 0.3 is 0 Å². The standard InChI is InChI=1S/C45H50ClN7O7S/c1-45(2)15-11-33(39(26-45)31-3-5-34(46)6-4-31)29-51-17-19-52(20-18-51)35-7-9-38(42(24-35)60-36-23-32-12-16-47-43(32)49-28-36)44(54)50-61(57,58)37-8-10-40(41(25-37)53(55)56)48-27-30-13-21-59-22-14-30/h3-10,12,16,23-25,28,30,48H,11,13-15,17-22,26-27,29H2,1-2H3,(H,47,49)(H,50,54)/i7D,27D2,29D2. The molecule has 0 atom stereocenters. The first-order valence-electron chi connectivity index (χ1n) is 22.7. The SMILES string of the molecule is [2H]c1cc(C(=O)NS(=O)(=O)c2ccc(NC([2H])([2H])C3CCOCC3)c([N+](=O)[O-])c2)c(Oc2cnc3[nH]ccc3c2)cc1N1CCN(C([2H])([2H])C2=C(c3ccc(Cl)cc3)CC(C)(C)CC2)CC1. The number of fused-ring (bicyclic) bond motifs is 1. The molecule has 14 nitrogen and oxygen atoms in total. The molecule has 8 rings (SSSR count). The molecule has 2 fully saturated rings. The number of aromatic nitrogens is 2. The fraction of sp³-hybridized carbons (Fsp3) is 0.378. The summed E-state index contributed by atoms with van der Waals surface area (Å²) >= 11 is 6.22. The smallest absolute Gasteiger partial charge is 0.293 e. The van der Waals surface area contributed by atoms with Crippen LogP contribution in [0.4, 0.5) is 17.1 Å². The second kappa shape index (κ2) is 17.9. The number of aromatic amines is 1. The Bertz CT molecular complexity index is 2810. The van der Waals surface area contributed by atoms with Crippen LogP contribution in [0, 0.1) is 21.4 Å². The maximum atomic E-state index is 14.0. The molecule has 2 saturated heterocycles. The molecule has 2 aromatic heterocycles. The van der Waals surface area contributed by atoms with Gasteiger partial charge in [0.05, 0.1) is 22.9 Å². The van der Waals surface area contributed by atoms with E-state index >= 15 is 0 Å². The number of nitrogens with zero attached hydrogens (tertiary/aromatic N) is 4. The number of nitro benzene ring substituents is 1. The molecule has 0 radical (unpaired) electrons. The zero-order chi connectivity index (χ0) is 47.2. The molecule has 3 N–H and O–H groups in total. The first-order chi connectivity index (χ1) is 31.2. The van der Waals surface area contributed by atoms with Gasteiger partial charge in [0.2, 0.25) is 0 Å². The first-order valence-corrected chi connectivity index (χ1v) is 22.0. The number of carbonyl (C=O) groups excluding carboxylic acids is 1. The van der Waals surface area contributed by atoms with E-state index in [1.54, 1.807) is 18.3 Å². The number of anilines is 2. The second-order valence-corrected chi connectivity index (χ2v) is 18.3. The highest BCUT2D eigenvalue weighted by atomic mass is 35.5. The number of carbonyl (C=O) groups is 1. The Labute approximate surface area is 367 Å². The number of rotatable bonds is 13. The van der Waals surface area contributed by atoms with Gasteiger partial charge in [0.15, 0.2) is 0 Å². The van der Waals surface area contributed by atoms with Crippen LogP contribution in [0.3, 0.4) is 0 Å². The summed E-state index contributed by atoms with van der Waals surface area (Å²) in [7, 11) is -4.80. The zero-order valence-corrected chi connectivity index (χ0v) is 35.4. The monoisotopic (exact) mass is 872 g/mol. The van der Waals surface area contributed by atoms with Crippen molar-refractivity contribution in [3.63, 3.8) is 0 Å². The second-order valence-electron chi connectivity index (χ2n) is 16.2. The third-order valence-electron chi connectivity index (χ3n) is 11.3. The van der Waals surface area contributed by atoms with Crippen LogP contribution in [0.5, 0.6) is 11.5 Å². The number of allylic oxidation sites excluding steroid dienone is 1. The van der Waals surface area contributed by atoms with Crippen LogP contribution >= 0.6 is 11.6 Å². The van der Waals surface area contributed by atoms with E-state index in [-0.39, 0.29) is 34.2 Å². The minimum Gasteiger partial charge on any atom is -0.455 e. The molecule has 5 aromatic rings. The maximum absolute atomic E-state index is 14.0. The Morgan fingerprint density at radius 3 is 2.62 bits per heavy atom. The van der Waals surface area contributed by atoms with Crippen LogP contribution in [0.2, 0.25) is 5.02 Å². The van der Waals surface area contributed by atoms with E-state index in [1.165, 1.54) is 18.3 Å². The lowest BCUT2D eigenvalue weighted by atomic mass is 9.72. The molecule has 1 aliphatic carbocycles. The minimum atomic E-state index is -4.80. The Balaban J connectivity index is 1.06. The normalized spacial score (nSPS) is 19.3. The van der Waals surface area contributed by atoms with Crippen molar-refractivity contribution in [1.82, 2.24) is 19.6 Å². The van der Waals surface area contributed by atoms with Crippen LogP contribution in [0.15, 0.2) is 95.6 Å². The Morgan fingerprint density at radius 2 is 1.87 bits per heavy atom. The summed E-state index contributed by atoms with van der Waals surface area (Å²) in [5, 5.41) is 16.1. The summed E-state index contributed by atoms with van der Waals surface area (Å²) in [6, 6.07) is 16.3. The number of hydrogen-bond donors (Lipinski definition) is 3. The molecule has 320 valence electrons. The topological polar surface area (TPSA) is 172 Å². The number of amides is 1. The summed E-state index contributed by atoms with van der Waals surface area (Å²) in [4.78, 5) is 35.8. The Kier molecular flexibility index (Phi) is 10.6. The van der Waals surface area contributed by atoms with E-state index in [2.05, 4.69) is 29.1 Å². The number of piperazine rings is 1. The molecule has 3 aromatic carbocycles. The van der Waals surface area contributed by atoms with Crippen LogP contribution in [-0.4, -0.2) is 86.5 Å². The third-order valence-corrected chi connectivity index (χ3v) is 12.8. The van der Waals surface area contributed by atoms with Gasteiger partial charge in [-0.25, -0.2) is 18.1 Å². The fourth-order valence-electron chi connectivity index (χ4n) is 7.79. The summed E-state index contributed by atoms with van der Waals surface area (Å²) < 4.78 is 86.3. The highest BCUT2D eigenvalue weighted by molar-refractivity contribution is 7.90. The number of nitrogens with one attached hydrogen (secondary N) is 3. The number of sulfonamides is 1. The Hall–Kier alpha value is -5.48. The quantitative estimate of drug-likeness (QED) is 0.0764. The number of hydrogen-bond acceptors (Lipinski definition) is 11. The van der Waals surface area contributed by atoms with Crippen molar-refractivity contribution in [2.24, 2.45) is 11.3 Å². The van der Waals surface area contributed by atoms with Gasteiger partial charge in [0.1, 0.15) is 22.8 Å². The van der Waals surface area contributed by atoms with Crippen molar-refractivity contribution in [1.29, 1.82) is 0 Å². The van der Waals surface area contributed by atoms with Crippen molar-refractivity contribution >= 4 is 61.2 Å². The van der Waals surface area contributed by atoms with Crippen molar-refractivity contribution in [3.05, 3.63) is 117 Å². The molecule has 0 bridgehead atoms. The van der Waals surface area contributed by atoms with Crippen LogP contribution in [0.25, 0.3) is 16.6 Å². The van der Waals surface area contributed by atoms with Gasteiger partial charge in [-0.05, 0) is 103 Å². The van der Waals surface area contributed by atoms with Crippen molar-refractivity contribution in [3.8, 4) is 11.5 Å². The maximum Gasteiger partial charge on any atom is 0.293 e. The molecule has 4 heterocycles. The molecule has 61 heavy (non-hydrogen) atoms. The van der Waals surface area contributed by atoms with Crippen LogP contribution in [0.1, 0.15) is 68.7 Å². The number of pyridine rings is 1. The fourth-order valence-corrected chi connectivity index (χ4v) is 8.90. The zero-order valence-electron chi connectivity index (χ0n) is 38.8. The molecule has 16 heteroatoms. The third kappa shape index (κ3) is 10.0. The average molecular weight is 873 g/mol. The van der Waals surface area contributed by atoms with Crippen molar-refractivity contribution in [2.45, 2.75) is 50.8 Å². The van der Waals surface area contributed by atoms with Crippen LogP contribution < -0.4 is 19.7 Å². The largest absolute Gasteiger partial charge is 0.455 e. The van der Waals surface area contributed by atoms with E-state index in [0.29, 0.717) is 86.8 Å². The van der Waals surface area contributed by atoms with Crippen LogP contribution in [-0.2, 0) is 14.8 Å². The summed E-state index contributed by atoms with van der Waals surface area (Å²) in [5.41, 5.74) is 2.31. The van der Waals surface area contributed by atoms with Gasteiger partial charge in [-0.15, -0.1) is 0 Å².